The van der Waals surface area contributed by atoms with Crippen LogP contribution in [0, 0.1) is 0 Å². The first-order valence-corrected chi connectivity index (χ1v) is 5.83. The summed E-state index contributed by atoms with van der Waals surface area (Å²) in [5.41, 5.74) is 0. The summed E-state index contributed by atoms with van der Waals surface area (Å²) in [5, 5.41) is 10.2. The van der Waals surface area contributed by atoms with Gasteiger partial charge in [-0.1, -0.05) is 12.8 Å². The van der Waals surface area contributed by atoms with Crippen LogP contribution < -0.4 is 4.90 Å². The summed E-state index contributed by atoms with van der Waals surface area (Å²) >= 11 is 1.41. The third-order valence-electron chi connectivity index (χ3n) is 2.68. The maximum absolute atomic E-state index is 9.30. The van der Waals surface area contributed by atoms with Gasteiger partial charge >= 0.3 is 0 Å². The van der Waals surface area contributed by atoms with Crippen molar-refractivity contribution in [2.45, 2.75) is 31.7 Å². The number of aliphatic hydroxyl groups excluding tert-OH is 1. The Labute approximate surface area is 87.8 Å². The molecule has 0 aliphatic carbocycles. The molecule has 1 N–H and O–H groups in total. The van der Waals surface area contributed by atoms with Crippen LogP contribution in [0.15, 0.2) is 6.33 Å². The van der Waals surface area contributed by atoms with Gasteiger partial charge in [0.05, 0.1) is 12.6 Å². The maximum atomic E-state index is 9.30. The van der Waals surface area contributed by atoms with Gasteiger partial charge in [-0.25, -0.2) is 4.98 Å². The number of aromatic nitrogens is 2. The second-order valence-electron chi connectivity index (χ2n) is 3.60. The Bertz CT molecular complexity index is 265. The average molecular weight is 213 g/mol. The molecule has 1 aliphatic rings. The fourth-order valence-corrected chi connectivity index (χ4v) is 2.54. The Kier molecular flexibility index (Phi) is 3.31. The molecule has 1 unspecified atom stereocenters. The lowest BCUT2D eigenvalue weighted by atomic mass is 10.1. The Balaban J connectivity index is 2.12. The van der Waals surface area contributed by atoms with Gasteiger partial charge < -0.3 is 10.0 Å². The van der Waals surface area contributed by atoms with E-state index in [2.05, 4.69) is 14.3 Å². The quantitative estimate of drug-likeness (QED) is 0.804. The molecule has 1 fully saturated rings. The summed E-state index contributed by atoms with van der Waals surface area (Å²) in [5.74, 6) is 0. The molecule has 78 valence electrons. The average Bonchev–Trinajstić information content (AvgIpc) is 2.63. The van der Waals surface area contributed by atoms with E-state index in [0.717, 1.165) is 18.1 Å². The van der Waals surface area contributed by atoms with Crippen LogP contribution in [0.25, 0.3) is 0 Å². The number of hydrogen-bond acceptors (Lipinski definition) is 5. The smallest absolute Gasteiger partial charge is 0.205 e. The molecule has 1 atom stereocenters. The maximum Gasteiger partial charge on any atom is 0.205 e. The Hall–Kier alpha value is -0.680. The van der Waals surface area contributed by atoms with Crippen molar-refractivity contribution in [3.63, 3.8) is 0 Å². The van der Waals surface area contributed by atoms with Crippen LogP contribution in [-0.4, -0.2) is 33.7 Å². The zero-order valence-electron chi connectivity index (χ0n) is 8.09. The highest BCUT2D eigenvalue weighted by Crippen LogP contribution is 2.24. The molecule has 4 nitrogen and oxygen atoms in total. The Morgan fingerprint density at radius 3 is 3.14 bits per heavy atom. The number of rotatable bonds is 2. The number of hydrogen-bond donors (Lipinski definition) is 1. The predicted molar refractivity (Wildman–Crippen MR) is 56.6 cm³/mol. The van der Waals surface area contributed by atoms with Crippen molar-refractivity contribution >= 4 is 16.7 Å². The number of anilines is 1. The molecule has 1 aromatic heterocycles. The molecule has 1 saturated heterocycles. The van der Waals surface area contributed by atoms with Gasteiger partial charge in [-0.3, -0.25) is 0 Å². The summed E-state index contributed by atoms with van der Waals surface area (Å²) in [7, 11) is 0. The van der Waals surface area contributed by atoms with Crippen molar-refractivity contribution in [2.75, 3.05) is 18.1 Å². The van der Waals surface area contributed by atoms with Gasteiger partial charge in [-0.15, -0.1) is 0 Å². The van der Waals surface area contributed by atoms with Crippen molar-refractivity contribution in [2.24, 2.45) is 0 Å². The third-order valence-corrected chi connectivity index (χ3v) is 3.39. The van der Waals surface area contributed by atoms with E-state index in [1.54, 1.807) is 6.33 Å². The topological polar surface area (TPSA) is 49.2 Å². The lowest BCUT2D eigenvalue weighted by Crippen LogP contribution is -2.37. The fourth-order valence-electron chi connectivity index (χ4n) is 1.91. The molecule has 1 aromatic rings. The molecular formula is C9H15N3OS. The van der Waals surface area contributed by atoms with Gasteiger partial charge in [0.15, 0.2) is 0 Å². The zero-order chi connectivity index (χ0) is 9.80. The minimum Gasteiger partial charge on any atom is -0.394 e. The number of nitrogens with zero attached hydrogens (tertiary/aromatic N) is 3. The summed E-state index contributed by atoms with van der Waals surface area (Å²) in [6.07, 6.45) is 6.30. The normalized spacial score (nSPS) is 23.5. The van der Waals surface area contributed by atoms with Crippen molar-refractivity contribution in [1.29, 1.82) is 0 Å². The summed E-state index contributed by atoms with van der Waals surface area (Å²) in [6, 6.07) is 0.241. The molecule has 5 heteroatoms. The molecular weight excluding hydrogens is 198 g/mol. The van der Waals surface area contributed by atoms with Gasteiger partial charge in [0.2, 0.25) is 5.13 Å². The number of aliphatic hydroxyl groups is 1. The first kappa shape index (κ1) is 9.86. The minimum atomic E-state index is 0.222. The molecule has 0 amide bonds. The lowest BCUT2D eigenvalue weighted by molar-refractivity contribution is 0.255. The summed E-state index contributed by atoms with van der Waals surface area (Å²) in [4.78, 5) is 6.40. The van der Waals surface area contributed by atoms with E-state index in [1.165, 1.54) is 30.8 Å². The Morgan fingerprint density at radius 1 is 1.50 bits per heavy atom. The van der Waals surface area contributed by atoms with E-state index in [4.69, 9.17) is 0 Å². The first-order chi connectivity index (χ1) is 6.92. The van der Waals surface area contributed by atoms with E-state index < -0.39 is 0 Å². The van der Waals surface area contributed by atoms with Crippen LogP contribution in [0.2, 0.25) is 0 Å². The molecule has 0 aromatic carbocycles. The predicted octanol–water partition coefficient (Wildman–Crippen LogP) is 1.28. The summed E-state index contributed by atoms with van der Waals surface area (Å²) in [6.45, 7) is 1.22. The van der Waals surface area contributed by atoms with Crippen LogP contribution in [-0.2, 0) is 0 Å². The van der Waals surface area contributed by atoms with Crippen molar-refractivity contribution in [3.05, 3.63) is 6.33 Å². The van der Waals surface area contributed by atoms with Crippen LogP contribution in [0.1, 0.15) is 25.7 Å². The third kappa shape index (κ3) is 2.04. The van der Waals surface area contributed by atoms with Gasteiger partial charge in [0, 0.05) is 18.1 Å². The standard InChI is InChI=1S/C9H15N3OS/c13-6-8-4-2-1-3-5-12(8)9-10-7-11-14-9/h7-8,13H,1-6H2. The van der Waals surface area contributed by atoms with Gasteiger partial charge in [0.25, 0.3) is 0 Å². The van der Waals surface area contributed by atoms with Gasteiger partial charge in [-0.2, -0.15) is 4.37 Å². The fraction of sp³-hybridized carbons (Fsp3) is 0.778. The Morgan fingerprint density at radius 2 is 2.43 bits per heavy atom. The van der Waals surface area contributed by atoms with E-state index >= 15 is 0 Å². The second-order valence-corrected chi connectivity index (χ2v) is 4.36. The van der Waals surface area contributed by atoms with Crippen LogP contribution >= 0.6 is 11.5 Å². The van der Waals surface area contributed by atoms with E-state index in [-0.39, 0.29) is 12.6 Å². The SMILES string of the molecule is OCC1CCCCCN1c1ncns1. The van der Waals surface area contributed by atoms with Crippen LogP contribution in [0.4, 0.5) is 5.13 Å². The van der Waals surface area contributed by atoms with Crippen LogP contribution in [0.5, 0.6) is 0 Å². The zero-order valence-corrected chi connectivity index (χ0v) is 8.91. The van der Waals surface area contributed by atoms with E-state index in [1.807, 2.05) is 0 Å². The molecule has 0 spiro atoms. The molecule has 0 bridgehead atoms. The molecule has 14 heavy (non-hydrogen) atoms. The largest absolute Gasteiger partial charge is 0.394 e. The van der Waals surface area contributed by atoms with Crippen molar-refractivity contribution < 1.29 is 5.11 Å². The van der Waals surface area contributed by atoms with Crippen LogP contribution in [0.3, 0.4) is 0 Å². The highest BCUT2D eigenvalue weighted by Gasteiger charge is 2.22. The van der Waals surface area contributed by atoms with Gasteiger partial charge in [-0.05, 0) is 12.8 Å². The van der Waals surface area contributed by atoms with Crippen molar-refractivity contribution in [1.82, 2.24) is 9.36 Å². The van der Waals surface area contributed by atoms with Crippen molar-refractivity contribution in [3.8, 4) is 0 Å². The molecule has 0 radical (unpaired) electrons. The minimum absolute atomic E-state index is 0.222. The first-order valence-electron chi connectivity index (χ1n) is 5.06. The summed E-state index contributed by atoms with van der Waals surface area (Å²) < 4.78 is 4.00. The second kappa shape index (κ2) is 4.70. The highest BCUT2D eigenvalue weighted by atomic mass is 32.1. The molecule has 1 aliphatic heterocycles. The highest BCUT2D eigenvalue weighted by molar-refractivity contribution is 7.09. The molecule has 2 rings (SSSR count). The monoisotopic (exact) mass is 213 g/mol. The lowest BCUT2D eigenvalue weighted by Gasteiger charge is -2.27. The van der Waals surface area contributed by atoms with E-state index in [9.17, 15) is 5.11 Å². The molecule has 0 saturated carbocycles. The molecule has 2 heterocycles. The van der Waals surface area contributed by atoms with Gasteiger partial charge in [0.1, 0.15) is 6.33 Å². The van der Waals surface area contributed by atoms with E-state index in [0.29, 0.717) is 0 Å².